The predicted molar refractivity (Wildman–Crippen MR) is 146 cm³/mol. The van der Waals surface area contributed by atoms with Crippen LogP contribution in [0.25, 0.3) is 27.7 Å². The fourth-order valence-corrected chi connectivity index (χ4v) is 5.98. The van der Waals surface area contributed by atoms with Gasteiger partial charge in [-0.15, -0.1) is 0 Å². The molecule has 0 amide bonds. The number of carbonyl (C=O) groups excluding carboxylic acids is 1. The predicted octanol–water partition coefficient (Wildman–Crippen LogP) is 6.72. The fraction of sp³-hybridized carbons (Fsp3) is 0.290. The highest BCUT2D eigenvalue weighted by molar-refractivity contribution is 6.03. The number of ketones is 1. The first-order valence-corrected chi connectivity index (χ1v) is 13.5. The molecule has 0 aliphatic heterocycles. The van der Waals surface area contributed by atoms with Crippen molar-refractivity contribution in [2.75, 3.05) is 0 Å². The van der Waals surface area contributed by atoms with Crippen LogP contribution >= 0.6 is 0 Å². The minimum Gasteiger partial charge on any atom is -0.481 e. The van der Waals surface area contributed by atoms with Crippen molar-refractivity contribution in [3.05, 3.63) is 89.5 Å². The molecule has 1 fully saturated rings. The van der Waals surface area contributed by atoms with Gasteiger partial charge in [0, 0.05) is 52.8 Å². The van der Waals surface area contributed by atoms with Crippen molar-refractivity contribution in [1.82, 2.24) is 19.6 Å². The lowest BCUT2D eigenvalue weighted by Gasteiger charge is -2.25. The smallest absolute Gasteiger partial charge is 0.307 e. The van der Waals surface area contributed by atoms with E-state index in [1.54, 1.807) is 10.7 Å². The van der Waals surface area contributed by atoms with E-state index in [1.807, 2.05) is 24.3 Å². The molecule has 0 unspecified atom stereocenters. The highest BCUT2D eigenvalue weighted by Crippen LogP contribution is 2.39. The van der Waals surface area contributed by atoms with Crippen molar-refractivity contribution < 1.29 is 23.5 Å². The molecule has 2 N–H and O–H groups in total. The summed E-state index contributed by atoms with van der Waals surface area (Å²) in [4.78, 5) is 33.3. The molecule has 0 radical (unpaired) electrons. The number of aromatic amines is 1. The van der Waals surface area contributed by atoms with Gasteiger partial charge in [0.2, 0.25) is 0 Å². The Morgan fingerprint density at radius 2 is 1.85 bits per heavy atom. The third-order valence-corrected chi connectivity index (χ3v) is 8.00. The fourth-order valence-electron chi connectivity index (χ4n) is 5.98. The Morgan fingerprint density at radius 1 is 1.05 bits per heavy atom. The summed E-state index contributed by atoms with van der Waals surface area (Å²) < 4.78 is 30.1. The van der Waals surface area contributed by atoms with Crippen molar-refractivity contribution in [3.63, 3.8) is 0 Å². The largest absolute Gasteiger partial charge is 0.481 e. The molecule has 0 saturated heterocycles. The summed E-state index contributed by atoms with van der Waals surface area (Å²) in [5, 5.41) is 15.4. The second kappa shape index (κ2) is 10.6. The standard InChI is InChI=1S/C31H28F2N4O3/c32-21-10-11-23(26(33)14-21)24-16-35-30-25(17-36-37(30)29(24)18-6-2-1-3-7-18)28(38)13-19(31(39)40)12-20-15-34-27-9-5-4-8-22(20)27/h4-5,8-11,14-19,34H,1-3,6-7,12-13H2,(H,39,40)/t19-/m1/s1. The Labute approximate surface area is 228 Å². The number of carbonyl (C=O) groups is 2. The minimum atomic E-state index is -1.06. The molecular weight excluding hydrogens is 514 g/mol. The van der Waals surface area contributed by atoms with Crippen LogP contribution in [0.2, 0.25) is 0 Å². The number of hydrogen-bond donors (Lipinski definition) is 2. The number of benzene rings is 2. The Balaban J connectivity index is 1.36. The number of H-pyrrole nitrogens is 1. The van der Waals surface area contributed by atoms with Crippen LogP contribution in [0.4, 0.5) is 8.78 Å². The molecule has 3 aromatic heterocycles. The van der Waals surface area contributed by atoms with Gasteiger partial charge in [0.15, 0.2) is 11.4 Å². The number of halogens is 2. The Kier molecular flexibility index (Phi) is 6.88. The highest BCUT2D eigenvalue weighted by atomic mass is 19.1. The van der Waals surface area contributed by atoms with Gasteiger partial charge in [-0.2, -0.15) is 5.10 Å². The zero-order valence-electron chi connectivity index (χ0n) is 21.7. The lowest BCUT2D eigenvalue weighted by atomic mass is 9.84. The van der Waals surface area contributed by atoms with Gasteiger partial charge in [0.05, 0.1) is 23.4 Å². The van der Waals surface area contributed by atoms with Crippen LogP contribution in [-0.2, 0) is 11.2 Å². The molecular formula is C31H28F2N4O3. The van der Waals surface area contributed by atoms with E-state index in [2.05, 4.69) is 15.1 Å². The molecule has 2 aromatic carbocycles. The molecule has 9 heteroatoms. The second-order valence-corrected chi connectivity index (χ2v) is 10.5. The van der Waals surface area contributed by atoms with Gasteiger partial charge in [-0.05, 0) is 43.0 Å². The van der Waals surface area contributed by atoms with Gasteiger partial charge in [-0.1, -0.05) is 37.5 Å². The normalized spacial score (nSPS) is 15.1. The summed E-state index contributed by atoms with van der Waals surface area (Å²) in [5.41, 5.74) is 3.76. The average Bonchev–Trinajstić information content (AvgIpc) is 3.57. The number of rotatable bonds is 8. The van der Waals surface area contributed by atoms with Crippen molar-refractivity contribution in [3.8, 4) is 11.1 Å². The molecule has 0 spiro atoms. The van der Waals surface area contributed by atoms with E-state index >= 15 is 0 Å². The van der Waals surface area contributed by atoms with Gasteiger partial charge < -0.3 is 10.1 Å². The number of hydrogen-bond acceptors (Lipinski definition) is 4. The second-order valence-electron chi connectivity index (χ2n) is 10.5. The molecule has 1 aliphatic carbocycles. The van der Waals surface area contributed by atoms with Crippen molar-refractivity contribution in [2.45, 2.75) is 50.9 Å². The summed E-state index contributed by atoms with van der Waals surface area (Å²) >= 11 is 0. The van der Waals surface area contributed by atoms with Crippen LogP contribution in [0.15, 0.2) is 61.1 Å². The van der Waals surface area contributed by atoms with E-state index in [1.165, 1.54) is 24.5 Å². The van der Waals surface area contributed by atoms with Crippen LogP contribution in [-0.4, -0.2) is 36.4 Å². The number of carboxylic acids is 1. The van der Waals surface area contributed by atoms with Gasteiger partial charge in [-0.25, -0.2) is 18.3 Å². The van der Waals surface area contributed by atoms with Crippen LogP contribution < -0.4 is 0 Å². The molecule has 6 rings (SSSR count). The van der Waals surface area contributed by atoms with Crippen LogP contribution in [0.3, 0.4) is 0 Å². The number of fused-ring (bicyclic) bond motifs is 2. The summed E-state index contributed by atoms with van der Waals surface area (Å²) in [6.45, 7) is 0. The maximum Gasteiger partial charge on any atom is 0.307 e. The Hall–Kier alpha value is -4.40. The Bertz CT molecular complexity index is 1740. The SMILES string of the molecule is O=C(C[C@@H](Cc1c[nH]c2ccccc12)C(=O)O)c1cnn2c(C3CCCCC3)c(-c3ccc(F)cc3F)cnc12. The number of nitrogens with one attached hydrogen (secondary N) is 1. The van der Waals surface area contributed by atoms with E-state index in [0.29, 0.717) is 11.2 Å². The molecule has 1 saturated carbocycles. The first kappa shape index (κ1) is 25.9. The molecule has 3 heterocycles. The Morgan fingerprint density at radius 3 is 2.62 bits per heavy atom. The van der Waals surface area contributed by atoms with E-state index in [9.17, 15) is 23.5 Å². The summed E-state index contributed by atoms with van der Waals surface area (Å²) in [7, 11) is 0. The molecule has 40 heavy (non-hydrogen) atoms. The van der Waals surface area contributed by atoms with Crippen LogP contribution in [0, 0.1) is 17.6 Å². The lowest BCUT2D eigenvalue weighted by Crippen LogP contribution is -2.20. The van der Waals surface area contributed by atoms with E-state index < -0.39 is 23.5 Å². The zero-order valence-corrected chi connectivity index (χ0v) is 21.7. The molecule has 7 nitrogen and oxygen atoms in total. The monoisotopic (exact) mass is 542 g/mol. The number of Topliss-reactive ketones (excluding diaryl/α,β-unsaturated/α-hetero) is 1. The first-order chi connectivity index (χ1) is 19.4. The molecule has 1 aliphatic rings. The van der Waals surface area contributed by atoms with Gasteiger partial charge >= 0.3 is 5.97 Å². The van der Waals surface area contributed by atoms with Gasteiger partial charge in [-0.3, -0.25) is 9.59 Å². The van der Waals surface area contributed by atoms with E-state index in [0.717, 1.165) is 60.3 Å². The lowest BCUT2D eigenvalue weighted by molar-refractivity contribution is -0.141. The van der Waals surface area contributed by atoms with Crippen molar-refractivity contribution >= 4 is 28.3 Å². The van der Waals surface area contributed by atoms with Gasteiger partial charge in [0.25, 0.3) is 0 Å². The first-order valence-electron chi connectivity index (χ1n) is 13.5. The number of nitrogens with zero attached hydrogens (tertiary/aromatic N) is 3. The molecule has 0 bridgehead atoms. The molecule has 1 atom stereocenters. The number of aliphatic carboxylic acids is 1. The summed E-state index contributed by atoms with van der Waals surface area (Å²) in [6.07, 6.45) is 9.61. The third kappa shape index (κ3) is 4.76. The maximum atomic E-state index is 14.9. The maximum absolute atomic E-state index is 14.9. The third-order valence-electron chi connectivity index (χ3n) is 8.00. The van der Waals surface area contributed by atoms with Crippen molar-refractivity contribution in [2.24, 2.45) is 5.92 Å². The number of aromatic nitrogens is 4. The van der Waals surface area contributed by atoms with Crippen LogP contribution in [0.1, 0.15) is 66.1 Å². The van der Waals surface area contributed by atoms with E-state index in [4.69, 9.17) is 0 Å². The zero-order chi connectivity index (χ0) is 27.8. The average molecular weight is 543 g/mol. The summed E-state index contributed by atoms with van der Waals surface area (Å²) in [6, 6.07) is 11.1. The number of para-hydroxylation sites is 1. The van der Waals surface area contributed by atoms with Gasteiger partial charge in [0.1, 0.15) is 11.6 Å². The molecule has 5 aromatic rings. The van der Waals surface area contributed by atoms with E-state index in [-0.39, 0.29) is 35.7 Å². The van der Waals surface area contributed by atoms with Crippen molar-refractivity contribution in [1.29, 1.82) is 0 Å². The number of carboxylic acid groups (broad SMARTS) is 1. The highest BCUT2D eigenvalue weighted by Gasteiger charge is 2.29. The topological polar surface area (TPSA) is 100 Å². The molecule has 204 valence electrons. The minimum absolute atomic E-state index is 0.0650. The van der Waals surface area contributed by atoms with Crippen LogP contribution in [0.5, 0.6) is 0 Å². The summed E-state index contributed by atoms with van der Waals surface area (Å²) in [5.74, 6) is -3.65. The quantitative estimate of drug-likeness (QED) is 0.212.